The highest BCUT2D eigenvalue weighted by atomic mass is 16.5. The molecule has 0 atom stereocenters. The molecule has 0 fully saturated rings. The fourth-order valence-electron chi connectivity index (χ4n) is 2.71. The summed E-state index contributed by atoms with van der Waals surface area (Å²) in [5, 5.41) is 13.6. The monoisotopic (exact) mass is 322 g/mol. The first kappa shape index (κ1) is 15.8. The van der Waals surface area contributed by atoms with E-state index in [-0.39, 0.29) is 11.4 Å². The van der Waals surface area contributed by atoms with E-state index in [0.29, 0.717) is 17.7 Å². The third-order valence-electron chi connectivity index (χ3n) is 3.97. The van der Waals surface area contributed by atoms with E-state index >= 15 is 0 Å². The largest absolute Gasteiger partial charge is 0.492 e. The minimum atomic E-state index is -1.11. The highest BCUT2D eigenvalue weighted by Crippen LogP contribution is 2.35. The first-order valence-corrected chi connectivity index (χ1v) is 7.60. The van der Waals surface area contributed by atoms with Crippen LogP contribution in [0.5, 0.6) is 5.75 Å². The summed E-state index contributed by atoms with van der Waals surface area (Å²) >= 11 is 0. The number of hydrogen-bond acceptors (Lipinski definition) is 4. The van der Waals surface area contributed by atoms with Gasteiger partial charge in [0.2, 0.25) is 0 Å². The minimum absolute atomic E-state index is 0.0940. The number of nitrogens with one attached hydrogen (secondary N) is 1. The van der Waals surface area contributed by atoms with Crippen LogP contribution >= 0.6 is 0 Å². The summed E-state index contributed by atoms with van der Waals surface area (Å²) in [4.78, 5) is 15.7. The van der Waals surface area contributed by atoms with Crippen LogP contribution in [-0.2, 0) is 6.54 Å². The number of aryl methyl sites for hydroxylation is 1. The second kappa shape index (κ2) is 6.58. The van der Waals surface area contributed by atoms with E-state index in [1.54, 1.807) is 6.07 Å². The first-order chi connectivity index (χ1) is 11.6. The topological polar surface area (TPSA) is 71.5 Å². The lowest BCUT2D eigenvalue weighted by atomic mass is 10.1. The molecule has 0 amide bonds. The molecule has 0 aliphatic rings. The predicted molar refractivity (Wildman–Crippen MR) is 93.8 cm³/mol. The lowest BCUT2D eigenvalue weighted by Gasteiger charge is -2.16. The molecule has 24 heavy (non-hydrogen) atoms. The molecule has 122 valence electrons. The highest BCUT2D eigenvalue weighted by molar-refractivity contribution is 6.01. The summed E-state index contributed by atoms with van der Waals surface area (Å²) in [5.74, 6) is -0.869. The zero-order chi connectivity index (χ0) is 17.1. The van der Waals surface area contributed by atoms with Crippen LogP contribution in [0.4, 0.5) is 5.69 Å². The molecule has 0 spiro atoms. The first-order valence-electron chi connectivity index (χ1n) is 7.60. The van der Waals surface area contributed by atoms with Gasteiger partial charge in [-0.15, -0.1) is 0 Å². The van der Waals surface area contributed by atoms with Crippen LogP contribution in [-0.4, -0.2) is 23.2 Å². The third kappa shape index (κ3) is 2.88. The van der Waals surface area contributed by atoms with Crippen molar-refractivity contribution < 1.29 is 14.6 Å². The van der Waals surface area contributed by atoms with Crippen molar-refractivity contribution >= 4 is 22.6 Å². The molecule has 0 aliphatic heterocycles. The van der Waals surface area contributed by atoms with Crippen LogP contribution in [0.2, 0.25) is 0 Å². The van der Waals surface area contributed by atoms with Crippen molar-refractivity contribution in [3.05, 3.63) is 65.4 Å². The maximum Gasteiger partial charge on any atom is 0.358 e. The Morgan fingerprint density at radius 3 is 2.58 bits per heavy atom. The van der Waals surface area contributed by atoms with Crippen molar-refractivity contribution in [3.63, 3.8) is 0 Å². The van der Waals surface area contributed by atoms with E-state index in [4.69, 9.17) is 4.74 Å². The minimum Gasteiger partial charge on any atom is -0.492 e. The number of para-hydroxylation sites is 1. The van der Waals surface area contributed by atoms with Gasteiger partial charge in [-0.25, -0.2) is 9.78 Å². The van der Waals surface area contributed by atoms with Gasteiger partial charge in [0, 0.05) is 11.9 Å². The molecule has 0 bridgehead atoms. The molecule has 1 aromatic heterocycles. The summed E-state index contributed by atoms with van der Waals surface area (Å²) < 4.78 is 5.36. The number of aromatic nitrogens is 1. The van der Waals surface area contributed by atoms with Crippen molar-refractivity contribution in [2.45, 2.75) is 13.5 Å². The number of carboxylic acids is 1. The van der Waals surface area contributed by atoms with Gasteiger partial charge in [-0.05, 0) is 24.1 Å². The fourth-order valence-corrected chi connectivity index (χ4v) is 2.71. The number of methoxy groups -OCH3 is 1. The number of carbonyl (C=O) groups is 1. The van der Waals surface area contributed by atoms with Crippen molar-refractivity contribution in [2.24, 2.45) is 0 Å². The molecule has 5 heteroatoms. The zero-order valence-corrected chi connectivity index (χ0v) is 13.5. The summed E-state index contributed by atoms with van der Waals surface area (Å²) in [6.45, 7) is 2.61. The van der Waals surface area contributed by atoms with Gasteiger partial charge in [0.05, 0.1) is 18.3 Å². The Balaban J connectivity index is 2.10. The quantitative estimate of drug-likeness (QED) is 0.746. The number of fused-ring (bicyclic) bond motifs is 1. The number of pyridine rings is 1. The van der Waals surface area contributed by atoms with Crippen LogP contribution in [0, 0.1) is 6.92 Å². The van der Waals surface area contributed by atoms with E-state index in [2.05, 4.69) is 10.3 Å². The fraction of sp³-hybridized carbons (Fsp3) is 0.158. The molecule has 3 aromatic rings. The highest BCUT2D eigenvalue weighted by Gasteiger charge is 2.20. The molecule has 0 saturated heterocycles. The van der Waals surface area contributed by atoms with Gasteiger partial charge in [0.1, 0.15) is 0 Å². The van der Waals surface area contributed by atoms with Gasteiger partial charge < -0.3 is 15.2 Å². The second-order valence-corrected chi connectivity index (χ2v) is 5.47. The molecular weight excluding hydrogens is 304 g/mol. The van der Waals surface area contributed by atoms with Gasteiger partial charge in [0.15, 0.2) is 11.4 Å². The lowest BCUT2D eigenvalue weighted by Crippen LogP contribution is -2.09. The van der Waals surface area contributed by atoms with Gasteiger partial charge in [0.25, 0.3) is 0 Å². The van der Waals surface area contributed by atoms with Gasteiger partial charge in [-0.2, -0.15) is 0 Å². The Morgan fingerprint density at radius 1 is 1.17 bits per heavy atom. The molecule has 0 unspecified atom stereocenters. The number of nitrogens with zero attached hydrogens (tertiary/aromatic N) is 1. The number of anilines is 1. The Kier molecular flexibility index (Phi) is 4.33. The number of rotatable bonds is 5. The average molecular weight is 322 g/mol. The Labute approximate surface area is 139 Å². The Bertz CT molecular complexity index is 906. The van der Waals surface area contributed by atoms with Crippen LogP contribution in [0.25, 0.3) is 10.9 Å². The third-order valence-corrected chi connectivity index (χ3v) is 3.97. The normalized spacial score (nSPS) is 10.6. The maximum absolute atomic E-state index is 11.5. The average Bonchev–Trinajstić information content (AvgIpc) is 2.59. The molecule has 3 rings (SSSR count). The molecule has 0 radical (unpaired) electrons. The smallest absolute Gasteiger partial charge is 0.358 e. The van der Waals surface area contributed by atoms with Gasteiger partial charge in [-0.3, -0.25) is 0 Å². The zero-order valence-electron chi connectivity index (χ0n) is 13.5. The van der Waals surface area contributed by atoms with Crippen LogP contribution in [0.15, 0.2) is 48.5 Å². The molecule has 5 nitrogen and oxygen atoms in total. The van der Waals surface area contributed by atoms with E-state index in [1.807, 2.05) is 49.4 Å². The van der Waals surface area contributed by atoms with E-state index in [0.717, 1.165) is 10.9 Å². The molecular formula is C19H18N2O3. The summed E-state index contributed by atoms with van der Waals surface area (Å²) in [7, 11) is 1.46. The standard InChI is InChI=1S/C19H18N2O3/c1-12-7-3-4-8-13(12)11-20-16-14-9-5-6-10-15(14)21-17(19(22)23)18(16)24-2/h3-10H,11H2,1-2H3,(H,20,21)(H,22,23). The molecule has 2 aromatic carbocycles. The lowest BCUT2D eigenvalue weighted by molar-refractivity contribution is 0.0687. The number of hydrogen-bond donors (Lipinski definition) is 2. The molecule has 0 aliphatic carbocycles. The Hall–Kier alpha value is -3.08. The number of ether oxygens (including phenoxy) is 1. The number of carboxylic acid groups (broad SMARTS) is 1. The van der Waals surface area contributed by atoms with Crippen LogP contribution in [0.1, 0.15) is 21.6 Å². The number of benzene rings is 2. The van der Waals surface area contributed by atoms with Gasteiger partial charge >= 0.3 is 5.97 Å². The van der Waals surface area contributed by atoms with Crippen molar-refractivity contribution in [1.29, 1.82) is 0 Å². The molecule has 0 saturated carbocycles. The Morgan fingerprint density at radius 2 is 1.88 bits per heavy atom. The molecule has 1 heterocycles. The summed E-state index contributed by atoms with van der Waals surface area (Å²) in [6, 6.07) is 15.5. The van der Waals surface area contributed by atoms with Crippen molar-refractivity contribution in [3.8, 4) is 5.75 Å². The van der Waals surface area contributed by atoms with Crippen LogP contribution in [0.3, 0.4) is 0 Å². The summed E-state index contributed by atoms with van der Waals surface area (Å²) in [5.41, 5.74) is 3.47. The maximum atomic E-state index is 11.5. The van der Waals surface area contributed by atoms with E-state index in [1.165, 1.54) is 12.7 Å². The second-order valence-electron chi connectivity index (χ2n) is 5.47. The summed E-state index contributed by atoms with van der Waals surface area (Å²) in [6.07, 6.45) is 0. The van der Waals surface area contributed by atoms with E-state index in [9.17, 15) is 9.90 Å². The SMILES string of the molecule is COc1c(C(=O)O)nc2ccccc2c1NCc1ccccc1C. The van der Waals surface area contributed by atoms with E-state index < -0.39 is 5.97 Å². The van der Waals surface area contributed by atoms with Gasteiger partial charge in [-0.1, -0.05) is 42.5 Å². The van der Waals surface area contributed by atoms with Crippen molar-refractivity contribution in [2.75, 3.05) is 12.4 Å². The molecule has 2 N–H and O–H groups in total. The van der Waals surface area contributed by atoms with Crippen molar-refractivity contribution in [1.82, 2.24) is 4.98 Å². The van der Waals surface area contributed by atoms with Crippen LogP contribution < -0.4 is 10.1 Å². The number of aromatic carboxylic acids is 1. The predicted octanol–water partition coefficient (Wildman–Crippen LogP) is 3.86.